The highest BCUT2D eigenvalue weighted by Crippen LogP contribution is 2.25. The van der Waals surface area contributed by atoms with E-state index in [0.29, 0.717) is 12.2 Å². The molecule has 1 aromatic heterocycles. The third kappa shape index (κ3) is 4.94. The quantitative estimate of drug-likeness (QED) is 0.369. The van der Waals surface area contributed by atoms with Crippen molar-refractivity contribution in [3.63, 3.8) is 0 Å². The Morgan fingerprint density at radius 1 is 1.17 bits per heavy atom. The monoisotopic (exact) mass is 329 g/mol. The van der Waals surface area contributed by atoms with Gasteiger partial charge in [-0.05, 0) is 37.1 Å². The number of nitro groups is 1. The number of hydrogen-bond donors (Lipinski definition) is 3. The Bertz CT molecular complexity index is 706. The summed E-state index contributed by atoms with van der Waals surface area (Å²) in [6, 6.07) is 9.82. The van der Waals surface area contributed by atoms with Crippen LogP contribution in [0, 0.1) is 10.1 Å². The molecule has 0 atom stereocenters. The minimum atomic E-state index is -0.690. The number of aromatic nitrogens is 1. The number of nitro benzene ring substituents is 1. The van der Waals surface area contributed by atoms with Crippen LogP contribution in [0.25, 0.3) is 0 Å². The van der Waals surface area contributed by atoms with Gasteiger partial charge in [-0.1, -0.05) is 6.07 Å². The smallest absolute Gasteiger partial charge is 0.293 e. The lowest BCUT2D eigenvalue weighted by molar-refractivity contribution is -0.384. The van der Waals surface area contributed by atoms with Gasteiger partial charge in [0, 0.05) is 30.9 Å². The van der Waals surface area contributed by atoms with Crippen molar-refractivity contribution >= 4 is 23.1 Å². The molecule has 4 N–H and O–H groups in total. The van der Waals surface area contributed by atoms with E-state index in [2.05, 4.69) is 15.6 Å². The van der Waals surface area contributed by atoms with Crippen LogP contribution in [-0.4, -0.2) is 28.9 Å². The number of nitrogens with one attached hydrogen (secondary N) is 2. The molecular formula is C16H19N5O3. The van der Waals surface area contributed by atoms with E-state index in [0.717, 1.165) is 25.2 Å². The number of unbranched alkanes of at least 4 members (excludes halogenated alkanes) is 1. The second-order valence-corrected chi connectivity index (χ2v) is 5.13. The fourth-order valence-electron chi connectivity index (χ4n) is 2.14. The zero-order valence-corrected chi connectivity index (χ0v) is 13.1. The number of amides is 1. The lowest BCUT2D eigenvalue weighted by atomic mass is 10.1. The third-order valence-corrected chi connectivity index (χ3v) is 3.37. The van der Waals surface area contributed by atoms with Gasteiger partial charge >= 0.3 is 0 Å². The second-order valence-electron chi connectivity index (χ2n) is 5.13. The van der Waals surface area contributed by atoms with Crippen molar-refractivity contribution in [3.8, 4) is 0 Å². The molecule has 1 amide bonds. The minimum Gasteiger partial charge on any atom is -0.379 e. The van der Waals surface area contributed by atoms with E-state index in [1.54, 1.807) is 6.20 Å². The summed E-state index contributed by atoms with van der Waals surface area (Å²) in [5.41, 5.74) is 5.48. The molecule has 0 spiro atoms. The molecule has 1 aromatic carbocycles. The standard InChI is InChI=1S/C16H19N5O3/c17-16(22)12-6-7-13(14(11-12)21(23)24)18-8-3-4-10-20-15-5-1-2-9-19-15/h1-2,5-7,9,11,18H,3-4,8,10H2,(H2,17,22)(H,19,20). The van der Waals surface area contributed by atoms with E-state index in [-0.39, 0.29) is 11.3 Å². The van der Waals surface area contributed by atoms with Crippen LogP contribution in [0.1, 0.15) is 23.2 Å². The van der Waals surface area contributed by atoms with Crippen LogP contribution in [0.3, 0.4) is 0 Å². The molecule has 0 saturated carbocycles. The molecule has 0 unspecified atom stereocenters. The maximum absolute atomic E-state index is 11.1. The number of benzene rings is 1. The van der Waals surface area contributed by atoms with Crippen molar-refractivity contribution in [2.24, 2.45) is 5.73 Å². The Morgan fingerprint density at radius 3 is 2.54 bits per heavy atom. The van der Waals surface area contributed by atoms with E-state index in [1.165, 1.54) is 18.2 Å². The first kappa shape index (κ1) is 17.2. The van der Waals surface area contributed by atoms with E-state index in [9.17, 15) is 14.9 Å². The van der Waals surface area contributed by atoms with Gasteiger partial charge in [-0.25, -0.2) is 4.98 Å². The largest absolute Gasteiger partial charge is 0.379 e. The lowest BCUT2D eigenvalue weighted by Crippen LogP contribution is -2.12. The maximum atomic E-state index is 11.1. The number of rotatable bonds is 9. The summed E-state index contributed by atoms with van der Waals surface area (Å²) < 4.78 is 0. The molecule has 0 aliphatic rings. The number of nitrogens with two attached hydrogens (primary N) is 1. The Kier molecular flexibility index (Phi) is 6.07. The van der Waals surface area contributed by atoms with Crippen molar-refractivity contribution in [2.75, 3.05) is 23.7 Å². The number of carbonyl (C=O) groups excluding carboxylic acids is 1. The van der Waals surface area contributed by atoms with Crippen LogP contribution in [0.2, 0.25) is 0 Å². The van der Waals surface area contributed by atoms with E-state index >= 15 is 0 Å². The van der Waals surface area contributed by atoms with Crippen LogP contribution in [0.4, 0.5) is 17.2 Å². The molecule has 0 fully saturated rings. The molecule has 8 heteroatoms. The van der Waals surface area contributed by atoms with Gasteiger partial charge in [-0.3, -0.25) is 14.9 Å². The summed E-state index contributed by atoms with van der Waals surface area (Å²) in [6.07, 6.45) is 3.43. The van der Waals surface area contributed by atoms with Gasteiger partial charge in [0.25, 0.3) is 5.69 Å². The third-order valence-electron chi connectivity index (χ3n) is 3.37. The Labute approximate surface area is 139 Å². The molecule has 0 bridgehead atoms. The number of carbonyl (C=O) groups is 1. The van der Waals surface area contributed by atoms with Crippen molar-refractivity contribution in [1.29, 1.82) is 0 Å². The van der Waals surface area contributed by atoms with Crippen molar-refractivity contribution in [2.45, 2.75) is 12.8 Å². The molecule has 0 aliphatic heterocycles. The first-order valence-electron chi connectivity index (χ1n) is 7.55. The molecule has 24 heavy (non-hydrogen) atoms. The highest BCUT2D eigenvalue weighted by atomic mass is 16.6. The summed E-state index contributed by atoms with van der Waals surface area (Å²) in [6.45, 7) is 1.35. The van der Waals surface area contributed by atoms with Crippen LogP contribution in [0.5, 0.6) is 0 Å². The summed E-state index contributed by atoms with van der Waals surface area (Å²) >= 11 is 0. The van der Waals surface area contributed by atoms with Gasteiger partial charge < -0.3 is 16.4 Å². The molecule has 0 saturated heterocycles. The van der Waals surface area contributed by atoms with E-state index in [1.807, 2.05) is 18.2 Å². The van der Waals surface area contributed by atoms with Gasteiger partial charge in [-0.15, -0.1) is 0 Å². The first-order chi connectivity index (χ1) is 11.6. The molecule has 8 nitrogen and oxygen atoms in total. The second kappa shape index (κ2) is 8.47. The van der Waals surface area contributed by atoms with Crippen LogP contribution >= 0.6 is 0 Å². The fourth-order valence-corrected chi connectivity index (χ4v) is 2.14. The molecular weight excluding hydrogens is 310 g/mol. The summed E-state index contributed by atoms with van der Waals surface area (Å²) in [7, 11) is 0. The average molecular weight is 329 g/mol. The molecule has 0 radical (unpaired) electrons. The zero-order chi connectivity index (χ0) is 17.4. The summed E-state index contributed by atoms with van der Waals surface area (Å²) in [5, 5.41) is 17.3. The van der Waals surface area contributed by atoms with Gasteiger partial charge in [0.15, 0.2) is 0 Å². The summed E-state index contributed by atoms with van der Waals surface area (Å²) in [4.78, 5) is 25.8. The van der Waals surface area contributed by atoms with Crippen molar-refractivity contribution in [3.05, 3.63) is 58.3 Å². The maximum Gasteiger partial charge on any atom is 0.293 e. The Morgan fingerprint density at radius 2 is 1.92 bits per heavy atom. The van der Waals surface area contributed by atoms with Gasteiger partial charge in [0.1, 0.15) is 11.5 Å². The number of pyridine rings is 1. The number of anilines is 2. The Balaban J connectivity index is 1.79. The molecule has 2 rings (SSSR count). The fraction of sp³-hybridized carbons (Fsp3) is 0.250. The van der Waals surface area contributed by atoms with Gasteiger partial charge in [0.2, 0.25) is 5.91 Å². The van der Waals surface area contributed by atoms with E-state index < -0.39 is 10.8 Å². The highest BCUT2D eigenvalue weighted by Gasteiger charge is 2.16. The van der Waals surface area contributed by atoms with Crippen molar-refractivity contribution < 1.29 is 9.72 Å². The van der Waals surface area contributed by atoms with Gasteiger partial charge in [0.05, 0.1) is 4.92 Å². The number of nitrogens with zero attached hydrogens (tertiary/aromatic N) is 2. The predicted octanol–water partition coefficient (Wildman–Crippen LogP) is 2.39. The van der Waals surface area contributed by atoms with Gasteiger partial charge in [-0.2, -0.15) is 0 Å². The molecule has 126 valence electrons. The number of hydrogen-bond acceptors (Lipinski definition) is 6. The molecule has 0 aliphatic carbocycles. The highest BCUT2D eigenvalue weighted by molar-refractivity contribution is 5.94. The van der Waals surface area contributed by atoms with Crippen LogP contribution < -0.4 is 16.4 Å². The predicted molar refractivity (Wildman–Crippen MR) is 92.1 cm³/mol. The van der Waals surface area contributed by atoms with Crippen LogP contribution in [0.15, 0.2) is 42.6 Å². The Hall–Kier alpha value is -3.16. The number of primary amides is 1. The molecule has 2 aromatic rings. The van der Waals surface area contributed by atoms with E-state index in [4.69, 9.17) is 5.73 Å². The average Bonchev–Trinajstić information content (AvgIpc) is 2.58. The minimum absolute atomic E-state index is 0.117. The lowest BCUT2D eigenvalue weighted by Gasteiger charge is -2.08. The normalized spacial score (nSPS) is 10.2. The topological polar surface area (TPSA) is 123 Å². The molecule has 1 heterocycles. The first-order valence-corrected chi connectivity index (χ1v) is 7.55. The van der Waals surface area contributed by atoms with Crippen molar-refractivity contribution in [1.82, 2.24) is 4.98 Å². The van der Waals surface area contributed by atoms with Crippen LogP contribution in [-0.2, 0) is 0 Å². The summed E-state index contributed by atoms with van der Waals surface area (Å²) in [5.74, 6) is 0.133. The zero-order valence-electron chi connectivity index (χ0n) is 13.1. The SMILES string of the molecule is NC(=O)c1ccc(NCCCCNc2ccccn2)c([N+](=O)[O-])c1.